The molecule has 0 spiro atoms. The molecule has 2 aromatic heterocycles. The van der Waals surface area contributed by atoms with Gasteiger partial charge in [-0.3, -0.25) is 4.79 Å². The molecular formula is C33H29N7O5. The summed E-state index contributed by atoms with van der Waals surface area (Å²) in [6.07, 6.45) is 4.10. The number of benzene rings is 3. The zero-order valence-corrected chi connectivity index (χ0v) is 24.2. The second-order valence-electron chi connectivity index (χ2n) is 10.7. The third kappa shape index (κ3) is 5.31. The number of rotatable bonds is 7. The molecule has 0 radical (unpaired) electrons. The molecule has 2 aliphatic rings. The molecule has 4 heterocycles. The molecule has 1 saturated heterocycles. The maximum atomic E-state index is 13.2. The number of nitrogens with zero attached hydrogens (tertiary/aromatic N) is 5. The number of fused-ring (bicyclic) bond motifs is 2. The van der Waals surface area contributed by atoms with Gasteiger partial charge in [0.05, 0.1) is 23.7 Å². The monoisotopic (exact) mass is 603 g/mol. The summed E-state index contributed by atoms with van der Waals surface area (Å²) in [5.74, 6) is 0.270. The Hall–Kier alpha value is -5.75. The van der Waals surface area contributed by atoms with Gasteiger partial charge in [-0.1, -0.05) is 49.0 Å². The predicted molar refractivity (Wildman–Crippen MR) is 167 cm³/mol. The summed E-state index contributed by atoms with van der Waals surface area (Å²) >= 11 is 0. The van der Waals surface area contributed by atoms with Crippen LogP contribution in [0.5, 0.6) is 11.5 Å². The minimum absolute atomic E-state index is 0.0299. The number of carbonyl (C=O) groups excluding carboxylic acids is 2. The highest BCUT2D eigenvalue weighted by Crippen LogP contribution is 2.48. The van der Waals surface area contributed by atoms with E-state index in [2.05, 4.69) is 21.9 Å². The molecule has 0 aliphatic carbocycles. The molecule has 7 rings (SSSR count). The topological polar surface area (TPSA) is 147 Å². The number of ether oxygens (including phenoxy) is 2. The summed E-state index contributed by atoms with van der Waals surface area (Å²) in [4.78, 5) is 39.2. The van der Waals surface area contributed by atoms with Crippen molar-refractivity contribution in [3.05, 3.63) is 91.3 Å². The van der Waals surface area contributed by atoms with Crippen LogP contribution in [0.4, 0.5) is 11.5 Å². The highest BCUT2D eigenvalue weighted by Gasteiger charge is 2.31. The van der Waals surface area contributed by atoms with Crippen molar-refractivity contribution < 1.29 is 23.9 Å². The molecule has 3 aromatic carbocycles. The molecule has 226 valence electrons. The van der Waals surface area contributed by atoms with Crippen molar-refractivity contribution in [3.63, 3.8) is 0 Å². The van der Waals surface area contributed by atoms with Gasteiger partial charge in [0.15, 0.2) is 17.1 Å². The van der Waals surface area contributed by atoms with E-state index in [4.69, 9.17) is 25.1 Å². The molecule has 3 N–H and O–H groups in total. The maximum absolute atomic E-state index is 13.2. The first-order valence-electron chi connectivity index (χ1n) is 14.5. The first kappa shape index (κ1) is 28.0. The molecule has 45 heavy (non-hydrogen) atoms. The van der Waals surface area contributed by atoms with E-state index in [-0.39, 0.29) is 24.6 Å². The van der Waals surface area contributed by atoms with Gasteiger partial charge in [-0.05, 0) is 48.2 Å². The van der Waals surface area contributed by atoms with Gasteiger partial charge in [0.25, 0.3) is 5.91 Å². The molecule has 2 aliphatic heterocycles. The highest BCUT2D eigenvalue weighted by atomic mass is 16.7. The van der Waals surface area contributed by atoms with E-state index in [9.17, 15) is 9.59 Å². The van der Waals surface area contributed by atoms with Crippen molar-refractivity contribution in [2.45, 2.75) is 18.9 Å². The minimum atomic E-state index is -0.516. The molecule has 1 fully saturated rings. The van der Waals surface area contributed by atoms with Gasteiger partial charge in [0.2, 0.25) is 6.79 Å². The summed E-state index contributed by atoms with van der Waals surface area (Å²) < 4.78 is 13.5. The van der Waals surface area contributed by atoms with E-state index < -0.39 is 5.97 Å². The number of amides is 1. The lowest BCUT2D eigenvalue weighted by atomic mass is 10.0. The van der Waals surface area contributed by atoms with E-state index in [1.165, 1.54) is 6.33 Å². The first-order chi connectivity index (χ1) is 22.0. The first-order valence-corrected chi connectivity index (χ1v) is 14.5. The number of aromatic nitrogens is 4. The molecule has 1 amide bonds. The van der Waals surface area contributed by atoms with Crippen molar-refractivity contribution in [1.29, 1.82) is 0 Å². The Morgan fingerprint density at radius 3 is 2.58 bits per heavy atom. The second-order valence-corrected chi connectivity index (χ2v) is 10.7. The molecule has 5 aromatic rings. The van der Waals surface area contributed by atoms with Gasteiger partial charge in [0, 0.05) is 23.7 Å². The zero-order valence-electron chi connectivity index (χ0n) is 24.2. The van der Waals surface area contributed by atoms with Crippen molar-refractivity contribution in [1.82, 2.24) is 24.8 Å². The SMILES string of the molecule is C=CC(=O)ON1CCC[C@@H](n2nc(-c3ccc(NC(=O)c4ccc(-c5ccccc5)cc4)c4c3OCO4)c3c(N)ncnc32)C1. The lowest BCUT2D eigenvalue weighted by Gasteiger charge is -2.31. The molecule has 12 heteroatoms. The average molecular weight is 604 g/mol. The average Bonchev–Trinajstić information content (AvgIpc) is 3.73. The molecule has 0 bridgehead atoms. The highest BCUT2D eigenvalue weighted by molar-refractivity contribution is 6.06. The van der Waals surface area contributed by atoms with Crippen LogP contribution in [-0.2, 0) is 9.63 Å². The zero-order chi connectivity index (χ0) is 30.9. The number of anilines is 2. The number of nitrogens with one attached hydrogen (secondary N) is 1. The Balaban J connectivity index is 1.20. The smallest absolute Gasteiger partial charge is 0.349 e. The Kier molecular flexibility index (Phi) is 7.31. The van der Waals surface area contributed by atoms with Crippen LogP contribution in [-0.4, -0.2) is 56.6 Å². The van der Waals surface area contributed by atoms with E-state index in [0.717, 1.165) is 30.0 Å². The molecule has 1 atom stereocenters. The van der Waals surface area contributed by atoms with Crippen LogP contribution >= 0.6 is 0 Å². The Bertz CT molecular complexity index is 1920. The Labute approximate surface area is 258 Å². The van der Waals surface area contributed by atoms with Gasteiger partial charge in [-0.2, -0.15) is 5.10 Å². The quantitative estimate of drug-likeness (QED) is 0.244. The summed E-state index contributed by atoms with van der Waals surface area (Å²) in [5.41, 5.74) is 11.1. The van der Waals surface area contributed by atoms with Gasteiger partial charge in [0.1, 0.15) is 17.8 Å². The number of carbonyl (C=O) groups is 2. The second kappa shape index (κ2) is 11.7. The maximum Gasteiger partial charge on any atom is 0.349 e. The third-order valence-electron chi connectivity index (χ3n) is 7.89. The van der Waals surface area contributed by atoms with Gasteiger partial charge in [-0.15, -0.1) is 5.06 Å². The number of hydrogen-bond acceptors (Lipinski definition) is 10. The fourth-order valence-corrected chi connectivity index (χ4v) is 5.73. The normalized spacial score (nSPS) is 16.0. The van der Waals surface area contributed by atoms with Crippen molar-refractivity contribution in [2.75, 3.05) is 30.9 Å². The van der Waals surface area contributed by atoms with Crippen molar-refractivity contribution in [3.8, 4) is 33.9 Å². The van der Waals surface area contributed by atoms with E-state index >= 15 is 0 Å². The largest absolute Gasteiger partial charge is 0.453 e. The molecule has 0 saturated carbocycles. The van der Waals surface area contributed by atoms with Crippen LogP contribution in [0, 0.1) is 0 Å². The Morgan fingerprint density at radius 1 is 1.00 bits per heavy atom. The number of nitrogen functional groups attached to an aromatic ring is 1. The van der Waals surface area contributed by atoms with Gasteiger partial charge in [-0.25, -0.2) is 19.4 Å². The summed E-state index contributed by atoms with van der Waals surface area (Å²) in [5, 5.41) is 10.1. The molecule has 12 nitrogen and oxygen atoms in total. The predicted octanol–water partition coefficient (Wildman–Crippen LogP) is 5.00. The van der Waals surface area contributed by atoms with E-state index in [1.54, 1.807) is 34.0 Å². The van der Waals surface area contributed by atoms with Gasteiger partial charge < -0.3 is 25.4 Å². The van der Waals surface area contributed by atoms with Crippen molar-refractivity contribution >= 4 is 34.4 Å². The summed E-state index contributed by atoms with van der Waals surface area (Å²) in [7, 11) is 0. The lowest BCUT2D eigenvalue weighted by Crippen LogP contribution is -2.38. The Morgan fingerprint density at radius 2 is 1.78 bits per heavy atom. The van der Waals surface area contributed by atoms with Crippen LogP contribution in [0.25, 0.3) is 33.4 Å². The van der Waals surface area contributed by atoms with Crippen LogP contribution in [0.2, 0.25) is 0 Å². The number of nitrogens with two attached hydrogens (primary N) is 1. The van der Waals surface area contributed by atoms with Crippen LogP contribution < -0.4 is 20.5 Å². The van der Waals surface area contributed by atoms with Gasteiger partial charge >= 0.3 is 5.97 Å². The number of hydroxylamine groups is 2. The summed E-state index contributed by atoms with van der Waals surface area (Å²) in [6.45, 7) is 4.46. The van der Waals surface area contributed by atoms with Crippen LogP contribution in [0.15, 0.2) is 85.7 Å². The standard InChI is InChI=1S/C33H29N7O5/c1-2-26(41)45-39-16-6-9-23(17-39)40-32-27(31(34)35-18-36-32)28(38-40)24-14-15-25(30-29(24)43-19-44-30)37-33(42)22-12-10-21(11-13-22)20-7-4-3-5-8-20/h2-5,7-8,10-15,18,23H,1,6,9,16-17,19H2,(H,37,42)(H2,34,35,36)/t23-/m1/s1. The molecular weight excluding hydrogens is 574 g/mol. The van der Waals surface area contributed by atoms with Crippen LogP contribution in [0.1, 0.15) is 29.2 Å². The number of hydrogen-bond donors (Lipinski definition) is 2. The van der Waals surface area contributed by atoms with Crippen LogP contribution in [0.3, 0.4) is 0 Å². The lowest BCUT2D eigenvalue weighted by molar-refractivity contribution is -0.191. The minimum Gasteiger partial charge on any atom is -0.453 e. The molecule has 0 unspecified atom stereocenters. The van der Waals surface area contributed by atoms with E-state index in [0.29, 0.717) is 58.1 Å². The van der Waals surface area contributed by atoms with E-state index in [1.807, 2.05) is 42.5 Å². The fraction of sp³-hybridized carbons (Fsp3) is 0.182. The number of piperidine rings is 1. The third-order valence-corrected chi connectivity index (χ3v) is 7.89. The summed E-state index contributed by atoms with van der Waals surface area (Å²) in [6, 6.07) is 20.8. The van der Waals surface area contributed by atoms with Crippen molar-refractivity contribution in [2.24, 2.45) is 0 Å². The fourth-order valence-electron chi connectivity index (χ4n) is 5.73.